The lowest BCUT2D eigenvalue weighted by Crippen LogP contribution is -2.09. The lowest BCUT2D eigenvalue weighted by molar-refractivity contribution is -0.136. The smallest absolute Gasteiger partial charge is 0.326 e. The number of amides is 1. The topological polar surface area (TPSA) is 75.6 Å². The van der Waals surface area contributed by atoms with Gasteiger partial charge in [0.15, 0.2) is 5.38 Å². The molecule has 1 aromatic rings. The van der Waals surface area contributed by atoms with Crippen LogP contribution < -0.4 is 10.1 Å². The monoisotopic (exact) mass is 257 g/mol. The van der Waals surface area contributed by atoms with Crippen LogP contribution in [0.4, 0.5) is 5.69 Å². The fraction of sp³-hybridized carbons (Fsp3) is 0.273. The van der Waals surface area contributed by atoms with Crippen LogP contribution in [0.1, 0.15) is 17.9 Å². The van der Waals surface area contributed by atoms with Gasteiger partial charge in [-0.1, -0.05) is 0 Å². The second-order valence-corrected chi connectivity index (χ2v) is 3.78. The number of halogens is 1. The number of aliphatic carboxylic acids is 1. The van der Waals surface area contributed by atoms with E-state index in [0.29, 0.717) is 17.0 Å². The number of carbonyl (C=O) groups excluding carboxylic acids is 1. The fourth-order valence-corrected chi connectivity index (χ4v) is 1.52. The van der Waals surface area contributed by atoms with Crippen molar-refractivity contribution in [3.63, 3.8) is 0 Å². The molecule has 6 heteroatoms. The van der Waals surface area contributed by atoms with Crippen molar-refractivity contribution in [2.45, 2.75) is 12.3 Å². The van der Waals surface area contributed by atoms with Crippen LogP contribution in [0.5, 0.6) is 5.75 Å². The van der Waals surface area contributed by atoms with Gasteiger partial charge >= 0.3 is 5.97 Å². The Morgan fingerprint density at radius 1 is 1.47 bits per heavy atom. The van der Waals surface area contributed by atoms with Gasteiger partial charge in [-0.2, -0.15) is 0 Å². The largest absolute Gasteiger partial charge is 0.496 e. The number of carbonyl (C=O) groups is 2. The zero-order valence-corrected chi connectivity index (χ0v) is 10.1. The van der Waals surface area contributed by atoms with Gasteiger partial charge in [-0.3, -0.25) is 9.59 Å². The summed E-state index contributed by atoms with van der Waals surface area (Å²) in [5.74, 6) is -1.06. The molecule has 0 aliphatic carbocycles. The van der Waals surface area contributed by atoms with Crippen molar-refractivity contribution in [2.24, 2.45) is 0 Å². The summed E-state index contributed by atoms with van der Waals surface area (Å²) in [6.07, 6.45) is 0. The second kappa shape index (κ2) is 5.54. The molecule has 92 valence electrons. The number of carboxylic acid groups (broad SMARTS) is 1. The van der Waals surface area contributed by atoms with Crippen LogP contribution in [0.3, 0.4) is 0 Å². The number of hydrogen-bond donors (Lipinski definition) is 2. The molecular formula is C11H12ClNO4. The molecule has 1 aromatic carbocycles. The quantitative estimate of drug-likeness (QED) is 0.809. The van der Waals surface area contributed by atoms with Gasteiger partial charge in [0.2, 0.25) is 5.91 Å². The van der Waals surface area contributed by atoms with Crippen molar-refractivity contribution < 1.29 is 19.4 Å². The number of alkyl halides is 1. The van der Waals surface area contributed by atoms with Crippen LogP contribution >= 0.6 is 11.6 Å². The molecule has 2 N–H and O–H groups in total. The number of nitrogens with one attached hydrogen (secondary N) is 1. The summed E-state index contributed by atoms with van der Waals surface area (Å²) in [6, 6.07) is 4.64. The van der Waals surface area contributed by atoms with E-state index in [1.54, 1.807) is 12.1 Å². The highest BCUT2D eigenvalue weighted by molar-refractivity contribution is 6.30. The van der Waals surface area contributed by atoms with Crippen LogP contribution in [-0.4, -0.2) is 24.1 Å². The average molecular weight is 258 g/mol. The van der Waals surface area contributed by atoms with Gasteiger partial charge < -0.3 is 15.2 Å². The average Bonchev–Trinajstić information content (AvgIpc) is 2.27. The van der Waals surface area contributed by atoms with Crippen molar-refractivity contribution in [3.05, 3.63) is 23.8 Å². The van der Waals surface area contributed by atoms with E-state index >= 15 is 0 Å². The van der Waals surface area contributed by atoms with Gasteiger partial charge in [-0.15, -0.1) is 11.6 Å². The van der Waals surface area contributed by atoms with Crippen LogP contribution in [0.2, 0.25) is 0 Å². The Morgan fingerprint density at radius 3 is 2.59 bits per heavy atom. The number of anilines is 1. The van der Waals surface area contributed by atoms with E-state index in [1.165, 1.54) is 20.1 Å². The van der Waals surface area contributed by atoms with Crippen LogP contribution in [0.25, 0.3) is 0 Å². The third-order valence-electron chi connectivity index (χ3n) is 2.04. The van der Waals surface area contributed by atoms with Gasteiger partial charge in [0, 0.05) is 18.2 Å². The van der Waals surface area contributed by atoms with Gasteiger partial charge in [0.05, 0.1) is 7.11 Å². The Morgan fingerprint density at radius 2 is 2.12 bits per heavy atom. The minimum Gasteiger partial charge on any atom is -0.496 e. The number of carboxylic acids is 1. The van der Waals surface area contributed by atoms with E-state index in [2.05, 4.69) is 5.32 Å². The molecule has 0 aliphatic heterocycles. The van der Waals surface area contributed by atoms with Crippen molar-refractivity contribution in [1.82, 2.24) is 0 Å². The van der Waals surface area contributed by atoms with E-state index in [1.807, 2.05) is 0 Å². The summed E-state index contributed by atoms with van der Waals surface area (Å²) in [5, 5.41) is 10.2. The molecule has 1 unspecified atom stereocenters. The highest BCUT2D eigenvalue weighted by Gasteiger charge is 2.21. The first kappa shape index (κ1) is 13.3. The molecular weight excluding hydrogens is 246 g/mol. The lowest BCUT2D eigenvalue weighted by Gasteiger charge is -2.12. The Balaban J connectivity index is 3.14. The molecule has 0 saturated heterocycles. The first-order valence-electron chi connectivity index (χ1n) is 4.78. The molecule has 1 rings (SSSR count). The summed E-state index contributed by atoms with van der Waals surface area (Å²) in [6.45, 7) is 1.36. The van der Waals surface area contributed by atoms with Gasteiger partial charge in [-0.25, -0.2) is 0 Å². The van der Waals surface area contributed by atoms with Gasteiger partial charge in [-0.05, 0) is 18.2 Å². The van der Waals surface area contributed by atoms with Crippen molar-refractivity contribution in [3.8, 4) is 5.75 Å². The van der Waals surface area contributed by atoms with Crippen molar-refractivity contribution in [1.29, 1.82) is 0 Å². The SMILES string of the molecule is COc1ccc(NC(C)=O)cc1C(Cl)C(=O)O. The predicted molar refractivity (Wildman–Crippen MR) is 63.5 cm³/mol. The zero-order chi connectivity index (χ0) is 13.0. The normalized spacial score (nSPS) is 11.7. The molecule has 0 heterocycles. The van der Waals surface area contributed by atoms with E-state index in [0.717, 1.165) is 0 Å². The Labute approximate surface area is 103 Å². The zero-order valence-electron chi connectivity index (χ0n) is 9.36. The molecule has 0 radical (unpaired) electrons. The molecule has 17 heavy (non-hydrogen) atoms. The maximum Gasteiger partial charge on any atom is 0.326 e. The number of methoxy groups -OCH3 is 1. The molecule has 0 bridgehead atoms. The molecule has 1 atom stereocenters. The van der Waals surface area contributed by atoms with Crippen LogP contribution in [0.15, 0.2) is 18.2 Å². The molecule has 1 amide bonds. The van der Waals surface area contributed by atoms with E-state index in [4.69, 9.17) is 21.4 Å². The Bertz CT molecular complexity index is 447. The standard InChI is InChI=1S/C11H12ClNO4/c1-6(14)13-7-3-4-9(17-2)8(5-7)10(12)11(15)16/h3-5,10H,1-2H3,(H,13,14)(H,15,16). The Kier molecular flexibility index (Phi) is 4.34. The lowest BCUT2D eigenvalue weighted by atomic mass is 10.1. The van der Waals surface area contributed by atoms with Crippen molar-refractivity contribution >= 4 is 29.2 Å². The van der Waals surface area contributed by atoms with Crippen molar-refractivity contribution in [2.75, 3.05) is 12.4 Å². The third-order valence-corrected chi connectivity index (χ3v) is 2.46. The minimum atomic E-state index is -1.22. The summed E-state index contributed by atoms with van der Waals surface area (Å²) < 4.78 is 5.02. The summed E-state index contributed by atoms with van der Waals surface area (Å²) >= 11 is 5.74. The highest BCUT2D eigenvalue weighted by Crippen LogP contribution is 2.32. The third kappa shape index (κ3) is 3.35. The maximum absolute atomic E-state index is 10.9. The first-order valence-corrected chi connectivity index (χ1v) is 5.21. The van der Waals surface area contributed by atoms with E-state index in [9.17, 15) is 9.59 Å². The number of rotatable bonds is 4. The molecule has 0 aromatic heterocycles. The number of benzene rings is 1. The van der Waals surface area contributed by atoms with Gasteiger partial charge in [0.1, 0.15) is 5.75 Å². The summed E-state index contributed by atoms with van der Waals surface area (Å²) in [4.78, 5) is 21.7. The first-order chi connectivity index (χ1) is 7.95. The molecule has 5 nitrogen and oxygen atoms in total. The van der Waals surface area contributed by atoms with Gasteiger partial charge in [0.25, 0.3) is 0 Å². The molecule has 0 aliphatic rings. The minimum absolute atomic E-state index is 0.248. The molecule has 0 spiro atoms. The van der Waals surface area contributed by atoms with Crippen LogP contribution in [-0.2, 0) is 9.59 Å². The Hall–Kier alpha value is -1.75. The number of hydrogen-bond acceptors (Lipinski definition) is 3. The van der Waals surface area contributed by atoms with Crippen LogP contribution in [0, 0.1) is 0 Å². The van der Waals surface area contributed by atoms with E-state index in [-0.39, 0.29) is 5.91 Å². The fourth-order valence-electron chi connectivity index (χ4n) is 1.35. The predicted octanol–water partition coefficient (Wildman–Crippen LogP) is 2.02. The number of ether oxygens (including phenoxy) is 1. The highest BCUT2D eigenvalue weighted by atomic mass is 35.5. The summed E-state index contributed by atoms with van der Waals surface area (Å²) in [7, 11) is 1.42. The van der Waals surface area contributed by atoms with E-state index < -0.39 is 11.3 Å². The summed E-state index contributed by atoms with van der Waals surface area (Å²) in [5.41, 5.74) is 0.771. The molecule has 0 fully saturated rings. The molecule has 0 saturated carbocycles. The maximum atomic E-state index is 10.9. The second-order valence-electron chi connectivity index (χ2n) is 3.34.